The number of para-hydroxylation sites is 1. The molecule has 6 heteroatoms. The van der Waals surface area contributed by atoms with Gasteiger partial charge in [-0.1, -0.05) is 24.3 Å². The van der Waals surface area contributed by atoms with Crippen LogP contribution in [0.4, 0.5) is 5.69 Å². The fourth-order valence-corrected chi connectivity index (χ4v) is 2.14. The van der Waals surface area contributed by atoms with Crippen molar-refractivity contribution in [2.75, 3.05) is 0 Å². The molecule has 1 heterocycles. The molecular formula is C13H12N2O4. The van der Waals surface area contributed by atoms with E-state index in [1.165, 1.54) is 12.1 Å². The Kier molecular flexibility index (Phi) is 3.41. The van der Waals surface area contributed by atoms with E-state index in [0.717, 1.165) is 0 Å². The second-order valence-corrected chi connectivity index (χ2v) is 4.17. The molecule has 0 radical (unpaired) electrons. The first-order valence-corrected chi connectivity index (χ1v) is 5.78. The van der Waals surface area contributed by atoms with Crippen LogP contribution in [0.25, 0.3) is 0 Å². The lowest BCUT2D eigenvalue weighted by atomic mass is 9.92. The molecule has 0 saturated carbocycles. The highest BCUT2D eigenvalue weighted by molar-refractivity contribution is 6.21. The van der Waals surface area contributed by atoms with Crippen molar-refractivity contribution >= 4 is 17.4 Å². The van der Waals surface area contributed by atoms with Crippen LogP contribution in [0.2, 0.25) is 0 Å². The van der Waals surface area contributed by atoms with E-state index in [1.807, 2.05) is 0 Å². The van der Waals surface area contributed by atoms with Crippen LogP contribution in [-0.4, -0.2) is 16.6 Å². The zero-order valence-corrected chi connectivity index (χ0v) is 10.3. The largest absolute Gasteiger partial charge is 0.344 e. The van der Waals surface area contributed by atoms with Gasteiger partial charge in [0.25, 0.3) is 11.6 Å². The van der Waals surface area contributed by atoms with Crippen molar-refractivity contribution in [3.63, 3.8) is 0 Å². The summed E-state index contributed by atoms with van der Waals surface area (Å²) < 4.78 is 0. The number of benzene rings is 1. The summed E-state index contributed by atoms with van der Waals surface area (Å²) in [6.07, 6.45) is 1.49. The van der Waals surface area contributed by atoms with Crippen molar-refractivity contribution < 1.29 is 14.5 Å². The van der Waals surface area contributed by atoms with Crippen molar-refractivity contribution in [2.24, 2.45) is 0 Å². The van der Waals surface area contributed by atoms with Crippen LogP contribution < -0.4 is 5.32 Å². The number of nitro groups is 1. The molecule has 0 bridgehead atoms. The number of carbonyl (C=O) groups excluding carboxylic acids is 2. The number of piperidine rings is 1. The van der Waals surface area contributed by atoms with Gasteiger partial charge in [-0.3, -0.25) is 19.7 Å². The van der Waals surface area contributed by atoms with Gasteiger partial charge in [-0.2, -0.15) is 0 Å². The van der Waals surface area contributed by atoms with E-state index in [-0.39, 0.29) is 23.5 Å². The predicted octanol–water partition coefficient (Wildman–Crippen LogP) is 1.67. The smallest absolute Gasteiger partial charge is 0.274 e. The molecular weight excluding hydrogens is 248 g/mol. The second-order valence-electron chi connectivity index (χ2n) is 4.17. The van der Waals surface area contributed by atoms with Crippen molar-refractivity contribution in [2.45, 2.75) is 19.4 Å². The average molecular weight is 260 g/mol. The highest BCUT2D eigenvalue weighted by Gasteiger charge is 2.33. The fourth-order valence-electron chi connectivity index (χ4n) is 2.14. The lowest BCUT2D eigenvalue weighted by molar-refractivity contribution is -0.385. The van der Waals surface area contributed by atoms with Crippen LogP contribution in [-0.2, 0) is 9.59 Å². The number of Topliss-reactive ketones (excluding diaryl/α,β-unsaturated/α-hetero) is 1. The number of allylic oxidation sites excluding steroid dienone is 1. The van der Waals surface area contributed by atoms with Gasteiger partial charge >= 0.3 is 0 Å². The highest BCUT2D eigenvalue weighted by Crippen LogP contribution is 2.30. The topological polar surface area (TPSA) is 89.3 Å². The van der Waals surface area contributed by atoms with Gasteiger partial charge in [-0.15, -0.1) is 0 Å². The first kappa shape index (κ1) is 12.9. The third-order valence-electron chi connectivity index (χ3n) is 3.04. The molecule has 1 N–H and O–H groups in total. The highest BCUT2D eigenvalue weighted by atomic mass is 16.6. The maximum atomic E-state index is 11.8. The number of nitrogens with one attached hydrogen (secondary N) is 1. The van der Waals surface area contributed by atoms with Crippen molar-refractivity contribution in [3.05, 3.63) is 51.6 Å². The SMILES string of the molecule is C/C=C1/C(=O)CC(c2ccccc2[N+](=O)[O-])NC1=O. The summed E-state index contributed by atoms with van der Waals surface area (Å²) in [4.78, 5) is 34.0. The van der Waals surface area contributed by atoms with Crippen LogP contribution in [0.1, 0.15) is 24.9 Å². The summed E-state index contributed by atoms with van der Waals surface area (Å²) in [6.45, 7) is 1.61. The van der Waals surface area contributed by atoms with Crippen LogP contribution in [0.5, 0.6) is 0 Å². The number of rotatable bonds is 2. The monoisotopic (exact) mass is 260 g/mol. The summed E-state index contributed by atoms with van der Waals surface area (Å²) in [5, 5.41) is 13.6. The molecule has 1 aliphatic heterocycles. The molecule has 98 valence electrons. The van der Waals surface area contributed by atoms with E-state index in [9.17, 15) is 19.7 Å². The summed E-state index contributed by atoms with van der Waals surface area (Å²) in [7, 11) is 0. The van der Waals surface area contributed by atoms with Gasteiger partial charge in [0.1, 0.15) is 0 Å². The molecule has 1 fully saturated rings. The Labute approximate surface area is 109 Å². The molecule has 1 saturated heterocycles. The molecule has 1 unspecified atom stereocenters. The molecule has 19 heavy (non-hydrogen) atoms. The van der Waals surface area contributed by atoms with Gasteiger partial charge in [-0.25, -0.2) is 0 Å². The predicted molar refractivity (Wildman–Crippen MR) is 67.4 cm³/mol. The minimum Gasteiger partial charge on any atom is -0.344 e. The molecule has 2 rings (SSSR count). The first-order valence-electron chi connectivity index (χ1n) is 5.78. The minimum atomic E-state index is -0.648. The number of nitrogens with zero attached hydrogens (tertiary/aromatic N) is 1. The van der Waals surface area contributed by atoms with Crippen LogP contribution >= 0.6 is 0 Å². The Morgan fingerprint density at radius 2 is 2.05 bits per heavy atom. The molecule has 0 aromatic heterocycles. The number of ketones is 1. The Bertz CT molecular complexity index is 572. The minimum absolute atomic E-state index is 0.0380. The second kappa shape index (κ2) is 5.01. The summed E-state index contributed by atoms with van der Waals surface area (Å²) in [5.41, 5.74) is 0.365. The number of hydrogen-bond donors (Lipinski definition) is 1. The van der Waals surface area contributed by atoms with E-state index in [0.29, 0.717) is 5.56 Å². The van der Waals surface area contributed by atoms with Gasteiger partial charge in [-0.05, 0) is 6.92 Å². The van der Waals surface area contributed by atoms with Crippen LogP contribution in [0, 0.1) is 10.1 Å². The molecule has 1 aliphatic rings. The maximum absolute atomic E-state index is 11.8. The molecule has 0 spiro atoms. The fraction of sp³-hybridized carbons (Fsp3) is 0.231. The third-order valence-corrected chi connectivity index (χ3v) is 3.04. The van der Waals surface area contributed by atoms with E-state index in [4.69, 9.17) is 0 Å². The number of carbonyl (C=O) groups is 2. The maximum Gasteiger partial charge on any atom is 0.274 e. The van der Waals surface area contributed by atoms with Gasteiger partial charge in [0.15, 0.2) is 5.78 Å². The Hall–Kier alpha value is -2.50. The van der Waals surface area contributed by atoms with Gasteiger partial charge in [0.05, 0.1) is 22.1 Å². The molecule has 0 aliphatic carbocycles. The van der Waals surface area contributed by atoms with Crippen LogP contribution in [0.3, 0.4) is 0 Å². The standard InChI is InChI=1S/C13H12N2O4/c1-2-8-12(16)7-10(14-13(8)17)9-5-3-4-6-11(9)15(18)19/h2-6,10H,7H2,1H3,(H,14,17)/b8-2-. The summed E-state index contributed by atoms with van der Waals surface area (Å²) in [6, 6.07) is 5.45. The zero-order chi connectivity index (χ0) is 14.0. The lowest BCUT2D eigenvalue weighted by Crippen LogP contribution is -2.39. The Balaban J connectivity index is 2.37. The third kappa shape index (κ3) is 2.37. The molecule has 6 nitrogen and oxygen atoms in total. The molecule has 1 amide bonds. The first-order chi connectivity index (χ1) is 9.04. The van der Waals surface area contributed by atoms with Crippen molar-refractivity contribution in [1.29, 1.82) is 0 Å². The van der Waals surface area contributed by atoms with E-state index >= 15 is 0 Å². The van der Waals surface area contributed by atoms with E-state index in [1.54, 1.807) is 25.1 Å². The summed E-state index contributed by atoms with van der Waals surface area (Å²) in [5.74, 6) is -0.781. The number of nitro benzene ring substituents is 1. The van der Waals surface area contributed by atoms with E-state index in [2.05, 4.69) is 5.32 Å². The zero-order valence-electron chi connectivity index (χ0n) is 10.3. The normalized spacial score (nSPS) is 21.3. The Morgan fingerprint density at radius 3 is 2.63 bits per heavy atom. The number of amides is 1. The number of hydrogen-bond acceptors (Lipinski definition) is 4. The molecule has 1 aromatic carbocycles. The van der Waals surface area contributed by atoms with Gasteiger partial charge in [0.2, 0.25) is 0 Å². The molecule has 1 atom stereocenters. The Morgan fingerprint density at radius 1 is 1.37 bits per heavy atom. The summed E-state index contributed by atoms with van der Waals surface area (Å²) >= 11 is 0. The van der Waals surface area contributed by atoms with Gasteiger partial charge in [0, 0.05) is 12.5 Å². The molecule has 1 aromatic rings. The van der Waals surface area contributed by atoms with Gasteiger partial charge < -0.3 is 5.32 Å². The van der Waals surface area contributed by atoms with Crippen molar-refractivity contribution in [3.8, 4) is 0 Å². The quantitative estimate of drug-likeness (QED) is 0.379. The van der Waals surface area contributed by atoms with Crippen LogP contribution in [0.15, 0.2) is 35.9 Å². The van der Waals surface area contributed by atoms with Crippen molar-refractivity contribution in [1.82, 2.24) is 5.32 Å². The average Bonchev–Trinajstić information content (AvgIpc) is 2.38. The van der Waals surface area contributed by atoms with E-state index < -0.39 is 16.9 Å². The lowest BCUT2D eigenvalue weighted by Gasteiger charge is -2.24.